The van der Waals surface area contributed by atoms with Crippen LogP contribution in [0.5, 0.6) is 0 Å². The van der Waals surface area contributed by atoms with E-state index in [1.54, 1.807) is 6.08 Å². The summed E-state index contributed by atoms with van der Waals surface area (Å²) in [5, 5.41) is 0. The Morgan fingerprint density at radius 2 is 2.00 bits per heavy atom. The van der Waals surface area contributed by atoms with Crippen molar-refractivity contribution in [3.63, 3.8) is 0 Å². The highest BCUT2D eigenvalue weighted by Gasteiger charge is 2.03. The van der Waals surface area contributed by atoms with Gasteiger partial charge in [-0.05, 0) is 62.5 Å². The molecule has 0 aliphatic carbocycles. The zero-order chi connectivity index (χ0) is 16.5. The van der Waals surface area contributed by atoms with Crippen molar-refractivity contribution in [2.75, 3.05) is 0 Å². The molecule has 0 atom stereocenters. The van der Waals surface area contributed by atoms with Gasteiger partial charge in [0.25, 0.3) is 0 Å². The highest BCUT2D eigenvalue weighted by Crippen LogP contribution is 2.25. The SMILES string of the molecule is C=C/C=C\C(=C/C)C(C)=Nc1cc(/C(C)=C/CC)ccc1C. The van der Waals surface area contributed by atoms with Gasteiger partial charge in [0.2, 0.25) is 0 Å². The standard InChI is InChI=1S/C21H27N/c1-7-10-12-19(9-3)18(6)22-21-15-20(14-13-17(21)5)16(4)11-8-2/h7,9-15H,1,8H2,2-6H3/b12-10-,16-11+,19-9+,22-18?. The van der Waals surface area contributed by atoms with Crippen LogP contribution in [0.2, 0.25) is 0 Å². The van der Waals surface area contributed by atoms with Crippen molar-refractivity contribution in [2.24, 2.45) is 4.99 Å². The number of benzene rings is 1. The van der Waals surface area contributed by atoms with Crippen LogP contribution in [0, 0.1) is 6.92 Å². The molecule has 0 spiro atoms. The first-order chi connectivity index (χ1) is 10.5. The molecule has 1 nitrogen and oxygen atoms in total. The number of hydrogen-bond acceptors (Lipinski definition) is 1. The monoisotopic (exact) mass is 293 g/mol. The molecule has 1 heteroatoms. The summed E-state index contributed by atoms with van der Waals surface area (Å²) in [7, 11) is 0. The molecule has 0 aliphatic heterocycles. The number of hydrogen-bond donors (Lipinski definition) is 0. The first kappa shape index (κ1) is 17.9. The average molecular weight is 293 g/mol. The van der Waals surface area contributed by atoms with E-state index in [1.165, 1.54) is 16.7 Å². The minimum Gasteiger partial charge on any atom is -0.253 e. The average Bonchev–Trinajstić information content (AvgIpc) is 2.50. The molecular formula is C21H27N. The van der Waals surface area contributed by atoms with E-state index in [0.29, 0.717) is 0 Å². The second kappa shape index (κ2) is 8.99. The zero-order valence-electron chi connectivity index (χ0n) is 14.5. The summed E-state index contributed by atoms with van der Waals surface area (Å²) in [4.78, 5) is 4.82. The topological polar surface area (TPSA) is 12.4 Å². The van der Waals surface area contributed by atoms with Crippen LogP contribution in [0.25, 0.3) is 5.57 Å². The summed E-state index contributed by atoms with van der Waals surface area (Å²) in [6.07, 6.45) is 11.1. The van der Waals surface area contributed by atoms with Gasteiger partial charge in [-0.25, -0.2) is 0 Å². The second-order valence-corrected chi connectivity index (χ2v) is 5.33. The highest BCUT2D eigenvalue weighted by molar-refractivity contribution is 6.02. The van der Waals surface area contributed by atoms with Gasteiger partial charge < -0.3 is 0 Å². The number of rotatable bonds is 6. The summed E-state index contributed by atoms with van der Waals surface area (Å²) >= 11 is 0. The lowest BCUT2D eigenvalue weighted by molar-refractivity contribution is 1.22. The fourth-order valence-electron chi connectivity index (χ4n) is 2.24. The molecule has 1 aromatic carbocycles. The van der Waals surface area contributed by atoms with Gasteiger partial charge >= 0.3 is 0 Å². The molecular weight excluding hydrogens is 266 g/mol. The molecule has 0 radical (unpaired) electrons. The third kappa shape index (κ3) is 5.00. The Kier molecular flexibility index (Phi) is 7.31. The predicted octanol–water partition coefficient (Wildman–Crippen LogP) is 6.59. The summed E-state index contributed by atoms with van der Waals surface area (Å²) in [6.45, 7) is 14.2. The van der Waals surface area contributed by atoms with E-state index >= 15 is 0 Å². The summed E-state index contributed by atoms with van der Waals surface area (Å²) in [5.74, 6) is 0. The Labute approximate surface area is 135 Å². The van der Waals surface area contributed by atoms with E-state index in [4.69, 9.17) is 4.99 Å². The molecule has 0 aromatic heterocycles. The second-order valence-electron chi connectivity index (χ2n) is 5.33. The molecule has 1 aromatic rings. The maximum Gasteiger partial charge on any atom is 0.0668 e. The van der Waals surface area contributed by atoms with Crippen molar-refractivity contribution in [1.82, 2.24) is 0 Å². The molecule has 0 saturated carbocycles. The lowest BCUT2D eigenvalue weighted by Gasteiger charge is -2.08. The van der Waals surface area contributed by atoms with Crippen molar-refractivity contribution in [3.8, 4) is 0 Å². The first-order valence-electron chi connectivity index (χ1n) is 7.82. The van der Waals surface area contributed by atoms with E-state index in [2.05, 4.69) is 57.7 Å². The molecule has 22 heavy (non-hydrogen) atoms. The fraction of sp³-hybridized carbons (Fsp3) is 0.286. The maximum absolute atomic E-state index is 4.82. The molecule has 1 rings (SSSR count). The summed E-state index contributed by atoms with van der Waals surface area (Å²) in [6, 6.07) is 6.48. The van der Waals surface area contributed by atoms with Crippen LogP contribution in [-0.2, 0) is 0 Å². The molecule has 0 fully saturated rings. The molecule has 0 saturated heterocycles. The van der Waals surface area contributed by atoms with E-state index in [1.807, 2.05) is 26.0 Å². The Morgan fingerprint density at radius 3 is 2.59 bits per heavy atom. The molecule has 0 amide bonds. The van der Waals surface area contributed by atoms with Crippen LogP contribution >= 0.6 is 0 Å². The van der Waals surface area contributed by atoms with Gasteiger partial charge in [0, 0.05) is 5.71 Å². The van der Waals surface area contributed by atoms with Crippen molar-refractivity contribution < 1.29 is 0 Å². The van der Waals surface area contributed by atoms with E-state index in [-0.39, 0.29) is 0 Å². The summed E-state index contributed by atoms with van der Waals surface area (Å²) < 4.78 is 0. The third-order valence-corrected chi connectivity index (χ3v) is 3.60. The quantitative estimate of drug-likeness (QED) is 0.414. The normalized spacial score (nSPS) is 13.8. The molecule has 0 N–H and O–H groups in total. The van der Waals surface area contributed by atoms with E-state index in [9.17, 15) is 0 Å². The molecule has 0 bridgehead atoms. The maximum atomic E-state index is 4.82. The van der Waals surface area contributed by atoms with Crippen LogP contribution in [0.4, 0.5) is 5.69 Å². The highest BCUT2D eigenvalue weighted by atomic mass is 14.7. The van der Waals surface area contributed by atoms with Gasteiger partial charge in [-0.15, -0.1) is 0 Å². The van der Waals surface area contributed by atoms with Gasteiger partial charge in [-0.3, -0.25) is 4.99 Å². The first-order valence-corrected chi connectivity index (χ1v) is 7.82. The number of aryl methyl sites for hydroxylation is 1. The zero-order valence-corrected chi connectivity index (χ0v) is 14.5. The van der Waals surface area contributed by atoms with Crippen LogP contribution in [-0.4, -0.2) is 5.71 Å². The van der Waals surface area contributed by atoms with Gasteiger partial charge in [0.05, 0.1) is 5.69 Å². The van der Waals surface area contributed by atoms with Gasteiger partial charge in [-0.2, -0.15) is 0 Å². The van der Waals surface area contributed by atoms with Crippen molar-refractivity contribution in [3.05, 3.63) is 71.9 Å². The lowest BCUT2D eigenvalue weighted by atomic mass is 10.0. The van der Waals surface area contributed by atoms with Crippen molar-refractivity contribution in [2.45, 2.75) is 41.0 Å². The number of aliphatic imine (C=N–C) groups is 1. The van der Waals surface area contributed by atoms with Gasteiger partial charge in [-0.1, -0.05) is 56.0 Å². The predicted molar refractivity (Wildman–Crippen MR) is 101 cm³/mol. The molecule has 0 heterocycles. The number of allylic oxidation sites excluding steroid dienone is 7. The molecule has 0 unspecified atom stereocenters. The third-order valence-electron chi connectivity index (χ3n) is 3.60. The van der Waals surface area contributed by atoms with Gasteiger partial charge in [0.1, 0.15) is 0 Å². The lowest BCUT2D eigenvalue weighted by Crippen LogP contribution is -1.94. The van der Waals surface area contributed by atoms with E-state index in [0.717, 1.165) is 23.4 Å². The van der Waals surface area contributed by atoms with E-state index < -0.39 is 0 Å². The Bertz CT molecular complexity index is 640. The van der Waals surface area contributed by atoms with Gasteiger partial charge in [0.15, 0.2) is 0 Å². The van der Waals surface area contributed by atoms with Crippen LogP contribution in [0.1, 0.15) is 45.2 Å². The Morgan fingerprint density at radius 1 is 1.27 bits per heavy atom. The van der Waals surface area contributed by atoms with Crippen LogP contribution < -0.4 is 0 Å². The van der Waals surface area contributed by atoms with Crippen molar-refractivity contribution >= 4 is 17.0 Å². The minimum absolute atomic E-state index is 1.01. The van der Waals surface area contributed by atoms with Crippen molar-refractivity contribution in [1.29, 1.82) is 0 Å². The Hall–Kier alpha value is -2.15. The summed E-state index contributed by atoms with van der Waals surface area (Å²) in [5.41, 5.74) is 6.89. The number of nitrogens with zero attached hydrogens (tertiary/aromatic N) is 1. The minimum atomic E-state index is 1.01. The molecule has 116 valence electrons. The largest absolute Gasteiger partial charge is 0.253 e. The molecule has 0 aliphatic rings. The smallest absolute Gasteiger partial charge is 0.0668 e. The van der Waals surface area contributed by atoms with Crippen LogP contribution in [0.15, 0.2) is 65.7 Å². The fourth-order valence-corrected chi connectivity index (χ4v) is 2.24. The Balaban J connectivity index is 3.23. The van der Waals surface area contributed by atoms with Crippen LogP contribution in [0.3, 0.4) is 0 Å².